The Kier molecular flexibility index (Phi) is 10.5. The number of hydrogen-bond acceptors (Lipinski definition) is 2. The topological polar surface area (TPSA) is 7.76 Å². The Labute approximate surface area is 196 Å². The summed E-state index contributed by atoms with van der Waals surface area (Å²) < 4.78 is 7.64. The summed E-state index contributed by atoms with van der Waals surface area (Å²) in [5.41, 5.74) is 7.34. The highest BCUT2D eigenvalue weighted by atomic mass is 32.1. The van der Waals surface area contributed by atoms with Gasteiger partial charge in [0.1, 0.15) is 22.5 Å². The molecule has 0 aliphatic rings. The molecule has 0 saturated carbocycles. The summed E-state index contributed by atoms with van der Waals surface area (Å²) in [6.45, 7) is 6.58. The van der Waals surface area contributed by atoms with E-state index in [0.29, 0.717) is 0 Å². The predicted molar refractivity (Wildman–Crippen MR) is 137 cm³/mol. The van der Waals surface area contributed by atoms with E-state index in [1.165, 1.54) is 78.2 Å². The van der Waals surface area contributed by atoms with Crippen molar-refractivity contribution in [3.63, 3.8) is 0 Å². The van der Waals surface area contributed by atoms with Crippen LogP contribution in [0, 0.1) is 0 Å². The quantitative estimate of drug-likeness (QED) is 0.160. The molecule has 0 bridgehead atoms. The highest BCUT2D eigenvalue weighted by Gasteiger charge is 2.11. The molecule has 0 spiro atoms. The summed E-state index contributed by atoms with van der Waals surface area (Å²) in [4.78, 5) is 0. The van der Waals surface area contributed by atoms with Crippen LogP contribution in [-0.4, -0.2) is 0 Å². The van der Waals surface area contributed by atoms with Crippen molar-refractivity contribution in [3.05, 3.63) is 59.6 Å². The van der Waals surface area contributed by atoms with Crippen molar-refractivity contribution in [1.82, 2.24) is 0 Å². The highest BCUT2D eigenvalue weighted by Crippen LogP contribution is 2.17. The summed E-state index contributed by atoms with van der Waals surface area (Å²) in [6, 6.07) is 17.5. The van der Waals surface area contributed by atoms with Crippen LogP contribution in [0.15, 0.2) is 59.6 Å². The van der Waals surface area contributed by atoms with Crippen LogP contribution in [0.5, 0.6) is 0 Å². The Morgan fingerprint density at radius 1 is 0.548 bits per heavy atom. The summed E-state index contributed by atoms with van der Waals surface area (Å²) >= 11 is 3.71. The third kappa shape index (κ3) is 7.40. The Morgan fingerprint density at radius 3 is 1.32 bits per heavy atom. The average molecular weight is 455 g/mol. The molecule has 2 aromatic carbocycles. The first-order chi connectivity index (χ1) is 15.3. The molecule has 2 heterocycles. The van der Waals surface area contributed by atoms with E-state index >= 15 is 0 Å². The van der Waals surface area contributed by atoms with Crippen LogP contribution in [0.3, 0.4) is 0 Å². The van der Waals surface area contributed by atoms with Crippen LogP contribution in [0.1, 0.15) is 71.6 Å². The lowest BCUT2D eigenvalue weighted by molar-refractivity contribution is -0.667. The number of nitrogens with zero attached hydrogens (tertiary/aromatic N) is 2. The van der Waals surface area contributed by atoms with Crippen LogP contribution in [0.4, 0.5) is 0 Å². The molecule has 0 fully saturated rings. The van der Waals surface area contributed by atoms with E-state index in [1.54, 1.807) is 0 Å². The summed E-state index contributed by atoms with van der Waals surface area (Å²) in [5.74, 6) is 0. The van der Waals surface area contributed by atoms with Gasteiger partial charge in [-0.1, -0.05) is 92.9 Å². The second-order valence-corrected chi connectivity index (χ2v) is 10.1. The fraction of sp³-hybridized carbons (Fsp3) is 0.481. The molecule has 0 N–H and O–H groups in total. The Morgan fingerprint density at radius 2 is 0.903 bits per heavy atom. The summed E-state index contributed by atoms with van der Waals surface area (Å²) in [7, 11) is 0. The van der Waals surface area contributed by atoms with E-state index in [1.807, 2.05) is 22.7 Å². The van der Waals surface area contributed by atoms with Gasteiger partial charge in [0.05, 0.1) is 0 Å². The maximum atomic E-state index is 2.42. The minimum Gasteiger partial charge on any atom is -0.188 e. The lowest BCUT2D eigenvalue weighted by Gasteiger charge is -2.01. The number of aromatic nitrogens is 2. The van der Waals surface area contributed by atoms with Gasteiger partial charge in [0.15, 0.2) is 0 Å². The SMILES string of the molecule is CCC.c1ccc2c(c1)sc[n+]2CCCCCCCCCC[n+]1csc2ccccc21. The van der Waals surface area contributed by atoms with Gasteiger partial charge >= 0.3 is 0 Å². The molecule has 4 rings (SSSR count). The smallest absolute Gasteiger partial charge is 0.188 e. The van der Waals surface area contributed by atoms with Gasteiger partial charge in [0, 0.05) is 25.0 Å². The standard InChI is InChI=1S/C24H30N2S2.C3H8/c1(3-5-11-17-25-19-27-23-15-9-7-13-21(23)25)2-4-6-12-18-26-20-28-24-16-10-8-14-22(24)26;1-3-2/h7-10,13-16,19-20H,1-6,11-12,17-18H2;3H2,1-2H3/q+2;. The number of hydrogen-bond donors (Lipinski definition) is 0. The van der Waals surface area contributed by atoms with Crippen LogP contribution in [0.25, 0.3) is 20.4 Å². The molecule has 2 aromatic heterocycles. The molecule has 0 radical (unpaired) electrons. The molecule has 0 aliphatic carbocycles. The molecular formula is C27H38N2S2+2. The molecule has 166 valence electrons. The van der Waals surface area contributed by atoms with Gasteiger partial charge in [0.25, 0.3) is 0 Å². The minimum atomic E-state index is 1.16. The third-order valence-corrected chi connectivity index (χ3v) is 7.43. The van der Waals surface area contributed by atoms with Gasteiger partial charge in [-0.3, -0.25) is 0 Å². The van der Waals surface area contributed by atoms with Crippen LogP contribution in [-0.2, 0) is 13.1 Å². The highest BCUT2D eigenvalue weighted by molar-refractivity contribution is 7.16. The van der Waals surface area contributed by atoms with E-state index in [2.05, 4.69) is 82.5 Å². The molecule has 0 unspecified atom stereocenters. The maximum absolute atomic E-state index is 2.42. The van der Waals surface area contributed by atoms with Crippen molar-refractivity contribution in [2.45, 2.75) is 84.7 Å². The van der Waals surface area contributed by atoms with Gasteiger partial charge < -0.3 is 0 Å². The normalized spacial score (nSPS) is 11.0. The van der Waals surface area contributed by atoms with Crippen LogP contribution in [0.2, 0.25) is 0 Å². The number of para-hydroxylation sites is 2. The Bertz CT molecular complexity index is 936. The van der Waals surface area contributed by atoms with Crippen molar-refractivity contribution in [1.29, 1.82) is 0 Å². The van der Waals surface area contributed by atoms with Crippen LogP contribution < -0.4 is 9.13 Å². The first kappa shape index (κ1) is 23.9. The van der Waals surface area contributed by atoms with Crippen molar-refractivity contribution in [2.24, 2.45) is 0 Å². The fourth-order valence-corrected chi connectivity index (χ4v) is 5.76. The van der Waals surface area contributed by atoms with Gasteiger partial charge in [0.2, 0.25) is 22.1 Å². The number of rotatable bonds is 11. The van der Waals surface area contributed by atoms with E-state index in [9.17, 15) is 0 Å². The molecule has 0 atom stereocenters. The minimum absolute atomic E-state index is 1.16. The van der Waals surface area contributed by atoms with Crippen molar-refractivity contribution in [2.75, 3.05) is 0 Å². The van der Waals surface area contributed by atoms with Crippen molar-refractivity contribution < 1.29 is 9.13 Å². The van der Waals surface area contributed by atoms with E-state index in [0.717, 1.165) is 13.1 Å². The third-order valence-electron chi connectivity index (χ3n) is 5.51. The molecule has 4 aromatic rings. The van der Waals surface area contributed by atoms with E-state index < -0.39 is 0 Å². The second kappa shape index (κ2) is 13.6. The summed E-state index contributed by atoms with van der Waals surface area (Å²) in [5, 5.41) is 0. The van der Waals surface area contributed by atoms with Gasteiger partial charge in [-0.25, -0.2) is 0 Å². The molecule has 31 heavy (non-hydrogen) atoms. The zero-order valence-electron chi connectivity index (χ0n) is 19.3. The average Bonchev–Trinajstić information content (AvgIpc) is 3.40. The maximum Gasteiger partial charge on any atom is 0.225 e. The molecule has 4 heteroatoms. The number of thiazole rings is 2. The molecule has 2 nitrogen and oxygen atoms in total. The number of aryl methyl sites for hydroxylation is 2. The lowest BCUT2D eigenvalue weighted by atomic mass is 10.1. The zero-order valence-corrected chi connectivity index (χ0v) is 20.9. The van der Waals surface area contributed by atoms with Crippen molar-refractivity contribution >= 4 is 43.1 Å². The Balaban J connectivity index is 0.000000858. The van der Waals surface area contributed by atoms with E-state index in [4.69, 9.17) is 0 Å². The van der Waals surface area contributed by atoms with Gasteiger partial charge in [-0.15, -0.1) is 0 Å². The number of fused-ring (bicyclic) bond motifs is 2. The van der Waals surface area contributed by atoms with Gasteiger partial charge in [-0.05, 0) is 25.0 Å². The monoisotopic (exact) mass is 454 g/mol. The summed E-state index contributed by atoms with van der Waals surface area (Å²) in [6.07, 6.45) is 12.1. The largest absolute Gasteiger partial charge is 0.225 e. The first-order valence-corrected chi connectivity index (χ1v) is 13.8. The molecule has 0 saturated heterocycles. The molecule has 0 amide bonds. The van der Waals surface area contributed by atoms with Gasteiger partial charge in [-0.2, -0.15) is 9.13 Å². The fourth-order valence-electron chi connectivity index (χ4n) is 3.91. The molecular weight excluding hydrogens is 416 g/mol. The predicted octanol–water partition coefficient (Wildman–Crippen LogP) is 7.93. The van der Waals surface area contributed by atoms with E-state index in [-0.39, 0.29) is 0 Å². The Hall–Kier alpha value is -1.78. The first-order valence-electron chi connectivity index (χ1n) is 12.0. The second-order valence-electron chi connectivity index (χ2n) is 8.30. The number of benzene rings is 2. The number of unbranched alkanes of at least 4 members (excludes halogenated alkanes) is 7. The van der Waals surface area contributed by atoms with Crippen molar-refractivity contribution in [3.8, 4) is 0 Å². The van der Waals surface area contributed by atoms with Crippen LogP contribution >= 0.6 is 22.7 Å². The molecule has 0 aliphatic heterocycles. The lowest BCUT2D eigenvalue weighted by Crippen LogP contribution is -2.31. The zero-order chi connectivity index (χ0) is 21.7.